The van der Waals surface area contributed by atoms with Gasteiger partial charge >= 0.3 is 5.97 Å². The van der Waals surface area contributed by atoms with Crippen LogP contribution in [0.3, 0.4) is 0 Å². The molecule has 4 aromatic rings. The Kier molecular flexibility index (Phi) is 6.72. The highest BCUT2D eigenvalue weighted by atomic mass is 35.5. The first-order valence-corrected chi connectivity index (χ1v) is 11.0. The quantitative estimate of drug-likeness (QED) is 0.292. The number of carboxylic acids is 1. The molecule has 33 heavy (non-hydrogen) atoms. The Morgan fingerprint density at radius 1 is 1.15 bits per heavy atom. The molecule has 2 aromatic heterocycles. The fraction of sp³-hybridized carbons (Fsp3) is 0.208. The minimum absolute atomic E-state index is 0.233. The summed E-state index contributed by atoms with van der Waals surface area (Å²) >= 11 is 12.2. The molecule has 4 rings (SSSR count). The molecule has 0 radical (unpaired) electrons. The largest absolute Gasteiger partial charge is 0.479 e. The molecule has 0 bridgehead atoms. The van der Waals surface area contributed by atoms with Crippen molar-refractivity contribution in [1.82, 2.24) is 10.1 Å². The average molecular weight is 487 g/mol. The third-order valence-electron chi connectivity index (χ3n) is 4.90. The molecule has 0 aliphatic rings. The molecule has 9 heteroatoms. The van der Waals surface area contributed by atoms with E-state index < -0.39 is 12.1 Å². The van der Waals surface area contributed by atoms with Crippen LogP contribution in [-0.2, 0) is 11.2 Å². The number of aryl methyl sites for hydroxylation is 1. The fourth-order valence-corrected chi connectivity index (χ4v) is 3.59. The zero-order valence-electron chi connectivity index (χ0n) is 17.8. The fourth-order valence-electron chi connectivity index (χ4n) is 3.27. The molecule has 0 unspecified atom stereocenters. The minimum atomic E-state index is -1.09. The maximum absolute atomic E-state index is 11.2. The molecule has 2 heterocycles. The molecule has 0 fully saturated rings. The number of benzene rings is 2. The van der Waals surface area contributed by atoms with Crippen LogP contribution in [0.25, 0.3) is 22.2 Å². The molecule has 0 saturated carbocycles. The molecule has 0 amide bonds. The van der Waals surface area contributed by atoms with Crippen molar-refractivity contribution in [2.75, 3.05) is 0 Å². The molecule has 0 aliphatic carbocycles. The van der Waals surface area contributed by atoms with Crippen molar-refractivity contribution >= 4 is 40.1 Å². The Labute approximate surface area is 199 Å². The number of pyridine rings is 1. The highest BCUT2D eigenvalue weighted by Crippen LogP contribution is 2.37. The number of carbonyl (C=O) groups is 1. The molecule has 0 saturated heterocycles. The van der Waals surface area contributed by atoms with Gasteiger partial charge < -0.3 is 19.1 Å². The average Bonchev–Trinajstić information content (AvgIpc) is 3.18. The normalized spacial score (nSPS) is 12.0. The van der Waals surface area contributed by atoms with E-state index in [9.17, 15) is 4.79 Å². The Hall–Kier alpha value is -3.29. The summed E-state index contributed by atoms with van der Waals surface area (Å²) in [4.78, 5) is 15.9. The predicted octanol–water partition coefficient (Wildman–Crippen LogP) is 6.79. The van der Waals surface area contributed by atoms with Crippen LogP contribution in [0, 0.1) is 0 Å². The molecular weight excluding hydrogens is 467 g/mol. The number of aliphatic carboxylic acids is 1. The van der Waals surface area contributed by atoms with Gasteiger partial charge in [0, 0.05) is 22.7 Å². The summed E-state index contributed by atoms with van der Waals surface area (Å²) in [5.41, 5.74) is 2.58. The number of aromatic nitrogens is 2. The lowest BCUT2D eigenvalue weighted by molar-refractivity contribution is -0.144. The van der Waals surface area contributed by atoms with Crippen molar-refractivity contribution < 1.29 is 23.9 Å². The van der Waals surface area contributed by atoms with E-state index in [2.05, 4.69) is 17.1 Å². The van der Waals surface area contributed by atoms with E-state index in [0.717, 1.165) is 17.7 Å². The summed E-state index contributed by atoms with van der Waals surface area (Å²) in [6.45, 7) is 3.48. The van der Waals surface area contributed by atoms with Crippen molar-refractivity contribution in [3.05, 3.63) is 64.3 Å². The molecule has 0 aliphatic heterocycles. The minimum Gasteiger partial charge on any atom is -0.479 e. The van der Waals surface area contributed by atoms with Gasteiger partial charge in [0.2, 0.25) is 5.88 Å². The number of hydrogen-bond acceptors (Lipinski definition) is 6. The second kappa shape index (κ2) is 9.68. The first-order valence-electron chi connectivity index (χ1n) is 10.3. The van der Waals surface area contributed by atoms with Gasteiger partial charge in [-0.25, -0.2) is 9.78 Å². The Balaban J connectivity index is 1.73. The predicted molar refractivity (Wildman–Crippen MR) is 125 cm³/mol. The molecular formula is C24H20Cl2N2O5. The monoisotopic (exact) mass is 486 g/mol. The Morgan fingerprint density at radius 2 is 1.91 bits per heavy atom. The topological polar surface area (TPSA) is 94.7 Å². The number of halogens is 2. The van der Waals surface area contributed by atoms with Crippen molar-refractivity contribution in [2.45, 2.75) is 32.8 Å². The first kappa shape index (κ1) is 22.9. The van der Waals surface area contributed by atoms with Crippen molar-refractivity contribution in [3.8, 4) is 28.6 Å². The molecule has 7 nitrogen and oxygen atoms in total. The third-order valence-corrected chi connectivity index (χ3v) is 5.45. The standard InChI is InChI=1S/C24H20Cl2N2O5/c1-3-4-19-16(9-10-22(27-19)32-15-7-5-14(25)6-8-15)23-17-11-21(31-13(2)24(29)30)18(26)12-20(17)33-28-23/h5-13H,3-4H2,1-2H3,(H,29,30)/t13-/m1/s1. The molecule has 2 aromatic carbocycles. The van der Waals surface area contributed by atoms with Gasteiger partial charge in [0.05, 0.1) is 16.1 Å². The molecule has 170 valence electrons. The van der Waals surface area contributed by atoms with Gasteiger partial charge in [-0.3, -0.25) is 0 Å². The number of carboxylic acid groups (broad SMARTS) is 1. The zero-order valence-corrected chi connectivity index (χ0v) is 19.4. The Morgan fingerprint density at radius 3 is 2.61 bits per heavy atom. The summed E-state index contributed by atoms with van der Waals surface area (Å²) in [6.07, 6.45) is 0.482. The van der Waals surface area contributed by atoms with Crippen molar-refractivity contribution in [2.24, 2.45) is 0 Å². The van der Waals surface area contributed by atoms with Crippen LogP contribution in [0.1, 0.15) is 26.0 Å². The van der Waals surface area contributed by atoms with Crippen LogP contribution >= 0.6 is 23.2 Å². The zero-order chi connectivity index (χ0) is 23.5. The van der Waals surface area contributed by atoms with E-state index in [4.69, 9.17) is 42.3 Å². The summed E-state index contributed by atoms with van der Waals surface area (Å²) in [7, 11) is 0. The molecule has 0 spiro atoms. The maximum Gasteiger partial charge on any atom is 0.344 e. The molecule has 1 atom stereocenters. The number of rotatable bonds is 8. The summed E-state index contributed by atoms with van der Waals surface area (Å²) in [5.74, 6) is 0.205. The van der Waals surface area contributed by atoms with Gasteiger partial charge in [0.25, 0.3) is 0 Å². The van der Waals surface area contributed by atoms with Gasteiger partial charge in [-0.15, -0.1) is 0 Å². The van der Waals surface area contributed by atoms with Gasteiger partial charge in [-0.05, 0) is 49.7 Å². The highest BCUT2D eigenvalue weighted by molar-refractivity contribution is 6.33. The lowest BCUT2D eigenvalue weighted by atomic mass is 10.0. The van der Waals surface area contributed by atoms with Crippen molar-refractivity contribution in [3.63, 3.8) is 0 Å². The SMILES string of the molecule is CCCc1nc(Oc2ccc(Cl)cc2)ccc1-c1noc2cc(Cl)c(O[C@H](C)C(=O)O)cc12. The summed E-state index contributed by atoms with van der Waals surface area (Å²) < 4.78 is 16.9. The van der Waals surface area contributed by atoms with Crippen LogP contribution in [-0.4, -0.2) is 27.3 Å². The first-order chi connectivity index (χ1) is 15.9. The van der Waals surface area contributed by atoms with E-state index in [0.29, 0.717) is 39.7 Å². The second-order valence-corrected chi connectivity index (χ2v) is 8.20. The smallest absolute Gasteiger partial charge is 0.344 e. The van der Waals surface area contributed by atoms with E-state index in [1.165, 1.54) is 6.92 Å². The van der Waals surface area contributed by atoms with Crippen LogP contribution in [0.5, 0.6) is 17.4 Å². The van der Waals surface area contributed by atoms with Crippen molar-refractivity contribution in [1.29, 1.82) is 0 Å². The van der Waals surface area contributed by atoms with Crippen LogP contribution in [0.2, 0.25) is 10.0 Å². The van der Waals surface area contributed by atoms with E-state index in [-0.39, 0.29) is 10.8 Å². The summed E-state index contributed by atoms with van der Waals surface area (Å²) in [5, 5.41) is 14.9. The number of ether oxygens (including phenoxy) is 2. The van der Waals surface area contributed by atoms with Crippen LogP contribution < -0.4 is 9.47 Å². The van der Waals surface area contributed by atoms with Gasteiger partial charge in [-0.2, -0.15) is 0 Å². The van der Waals surface area contributed by atoms with Gasteiger partial charge in [0.1, 0.15) is 17.2 Å². The lowest BCUT2D eigenvalue weighted by Gasteiger charge is -2.12. The second-order valence-electron chi connectivity index (χ2n) is 7.36. The highest BCUT2D eigenvalue weighted by Gasteiger charge is 2.20. The Bertz CT molecular complexity index is 1300. The van der Waals surface area contributed by atoms with E-state index in [1.54, 1.807) is 42.5 Å². The van der Waals surface area contributed by atoms with E-state index in [1.807, 2.05) is 6.07 Å². The van der Waals surface area contributed by atoms with E-state index >= 15 is 0 Å². The number of hydrogen-bond donors (Lipinski definition) is 1. The maximum atomic E-state index is 11.2. The van der Waals surface area contributed by atoms with Gasteiger partial charge in [0.15, 0.2) is 11.7 Å². The molecule has 1 N–H and O–H groups in total. The van der Waals surface area contributed by atoms with Gasteiger partial charge in [-0.1, -0.05) is 41.7 Å². The van der Waals surface area contributed by atoms with Crippen LogP contribution in [0.4, 0.5) is 0 Å². The third kappa shape index (κ3) is 5.05. The summed E-state index contributed by atoms with van der Waals surface area (Å²) in [6, 6.07) is 13.8. The number of nitrogens with zero attached hydrogens (tertiary/aromatic N) is 2. The lowest BCUT2D eigenvalue weighted by Crippen LogP contribution is -2.22. The number of fused-ring (bicyclic) bond motifs is 1. The van der Waals surface area contributed by atoms with Crippen LogP contribution in [0.15, 0.2) is 53.1 Å².